The zero-order valence-electron chi connectivity index (χ0n) is 16.9. The number of carbonyl (C=O) groups is 2. The number of hydrazine groups is 1. The van der Waals surface area contributed by atoms with E-state index in [0.29, 0.717) is 5.57 Å². The lowest BCUT2D eigenvalue weighted by molar-refractivity contribution is -0.130. The number of amides is 1. The summed E-state index contributed by atoms with van der Waals surface area (Å²) in [6, 6.07) is 2.77. The number of carboxylic acid groups (broad SMARTS) is 1. The van der Waals surface area contributed by atoms with Crippen molar-refractivity contribution in [1.29, 1.82) is 0 Å². The first-order chi connectivity index (χ1) is 15.7. The van der Waals surface area contributed by atoms with Crippen LogP contribution in [0.1, 0.15) is 19.3 Å². The number of aliphatic hydroxyl groups is 2. The largest absolute Gasteiger partial charge is 0.477 e. The van der Waals surface area contributed by atoms with Crippen LogP contribution < -0.4 is 25.9 Å². The second kappa shape index (κ2) is 8.28. The Labute approximate surface area is 197 Å². The average Bonchev–Trinajstić information content (AvgIpc) is 2.78. The summed E-state index contributed by atoms with van der Waals surface area (Å²) in [6.07, 6.45) is 0.820. The Morgan fingerprint density at radius 3 is 2.58 bits per heavy atom. The summed E-state index contributed by atoms with van der Waals surface area (Å²) in [5.74, 6) is -1.36. The van der Waals surface area contributed by atoms with Crippen molar-refractivity contribution in [2.45, 2.75) is 38.1 Å². The summed E-state index contributed by atoms with van der Waals surface area (Å²) in [6.45, 7) is 0. The van der Waals surface area contributed by atoms with Gasteiger partial charge in [0.15, 0.2) is 23.9 Å². The maximum atomic E-state index is 12.4. The monoisotopic (exact) mass is 495 g/mol. The number of anilines is 1. The van der Waals surface area contributed by atoms with E-state index in [0.717, 1.165) is 35.4 Å². The van der Waals surface area contributed by atoms with Gasteiger partial charge >= 0.3 is 5.97 Å². The maximum absolute atomic E-state index is 12.4. The van der Waals surface area contributed by atoms with Gasteiger partial charge in [-0.1, -0.05) is 29.3 Å². The predicted molar refractivity (Wildman–Crippen MR) is 117 cm³/mol. The van der Waals surface area contributed by atoms with Crippen LogP contribution >= 0.6 is 23.2 Å². The summed E-state index contributed by atoms with van der Waals surface area (Å²) in [5, 5.41) is 36.2. The molecule has 0 aromatic heterocycles. The van der Waals surface area contributed by atoms with Crippen LogP contribution in [0.3, 0.4) is 0 Å². The number of aliphatic carboxylic acids is 1. The number of nitrogens with zero attached hydrogens (tertiary/aromatic N) is 2. The Balaban J connectivity index is 1.46. The van der Waals surface area contributed by atoms with Crippen molar-refractivity contribution in [2.24, 2.45) is 11.0 Å². The minimum Gasteiger partial charge on any atom is -0.477 e. The highest BCUT2D eigenvalue weighted by Crippen LogP contribution is 2.45. The van der Waals surface area contributed by atoms with Gasteiger partial charge in [-0.15, -0.1) is 0 Å². The van der Waals surface area contributed by atoms with E-state index in [1.807, 2.05) is 0 Å². The molecular weight excluding hydrogens is 477 g/mol. The number of benzene rings is 1. The molecule has 0 saturated carbocycles. The summed E-state index contributed by atoms with van der Waals surface area (Å²) in [5.41, 5.74) is 7.58. The number of hydrogen-bond acceptors (Lipinski definition) is 9. The van der Waals surface area contributed by atoms with E-state index in [1.165, 1.54) is 12.1 Å². The molecule has 0 saturated heterocycles. The van der Waals surface area contributed by atoms with Crippen LogP contribution in [0.4, 0.5) is 5.69 Å². The molecule has 6 N–H and O–H groups in total. The van der Waals surface area contributed by atoms with E-state index in [4.69, 9.17) is 27.9 Å². The van der Waals surface area contributed by atoms with Gasteiger partial charge < -0.3 is 20.1 Å². The molecule has 33 heavy (non-hydrogen) atoms. The lowest BCUT2D eigenvalue weighted by Crippen LogP contribution is -2.57. The predicted octanol–water partition coefficient (Wildman–Crippen LogP) is 0.814. The number of carboxylic acids is 1. The molecule has 0 radical (unpaired) electrons. The van der Waals surface area contributed by atoms with Crippen LogP contribution in [0.25, 0.3) is 0 Å². The van der Waals surface area contributed by atoms with Crippen molar-refractivity contribution in [3.8, 4) is 5.75 Å². The van der Waals surface area contributed by atoms with E-state index in [-0.39, 0.29) is 33.3 Å². The van der Waals surface area contributed by atoms with Gasteiger partial charge in [-0.3, -0.25) is 10.2 Å². The third-order valence-corrected chi connectivity index (χ3v) is 6.56. The summed E-state index contributed by atoms with van der Waals surface area (Å²) in [7, 11) is 0. The number of hydrogen-bond donors (Lipinski definition) is 6. The smallest absolute Gasteiger partial charge is 0.356 e. The van der Waals surface area contributed by atoms with Gasteiger partial charge in [-0.05, 0) is 42.9 Å². The molecule has 0 fully saturated rings. The molecule has 5 aliphatic rings. The van der Waals surface area contributed by atoms with Gasteiger partial charge in [-0.2, -0.15) is 10.5 Å². The Bertz CT molecular complexity index is 1130. The van der Waals surface area contributed by atoms with Gasteiger partial charge in [0.1, 0.15) is 0 Å². The Kier molecular flexibility index (Phi) is 5.55. The molecule has 2 heterocycles. The number of allylic oxidation sites excluding steroid dienone is 1. The highest BCUT2D eigenvalue weighted by atomic mass is 35.5. The number of rotatable bonds is 4. The van der Waals surface area contributed by atoms with Crippen molar-refractivity contribution < 1.29 is 29.6 Å². The number of fused-ring (bicyclic) bond motifs is 2. The van der Waals surface area contributed by atoms with E-state index in [2.05, 4.69) is 27.3 Å². The second-order valence-electron chi connectivity index (χ2n) is 7.94. The molecule has 1 aromatic rings. The quantitative estimate of drug-likeness (QED) is 0.355. The van der Waals surface area contributed by atoms with Gasteiger partial charge in [-0.25, -0.2) is 15.1 Å². The lowest BCUT2D eigenvalue weighted by Gasteiger charge is -2.40. The summed E-state index contributed by atoms with van der Waals surface area (Å²) >= 11 is 12.9. The van der Waals surface area contributed by atoms with Crippen molar-refractivity contribution >= 4 is 46.5 Å². The summed E-state index contributed by atoms with van der Waals surface area (Å²) < 4.78 is 6.08. The Hall–Kier alpha value is -2.67. The minimum atomic E-state index is -1.66. The van der Waals surface area contributed by atoms with Gasteiger partial charge in [0.25, 0.3) is 5.91 Å². The first-order valence-corrected chi connectivity index (χ1v) is 10.9. The average molecular weight is 496 g/mol. The highest BCUT2D eigenvalue weighted by molar-refractivity contribution is 6.38. The SMILES string of the molecule is O=C(O)C1=NN(c2cc(Cl)c(OC3NNC(=O)C4=C3C3=CCC4CC3)c(Cl)c2)C(O)NC1O. The molecule has 174 valence electrons. The zero-order valence-corrected chi connectivity index (χ0v) is 18.4. The molecule has 13 heteroatoms. The number of carbonyl (C=O) groups excluding carboxylic acids is 1. The van der Waals surface area contributed by atoms with E-state index in [9.17, 15) is 24.9 Å². The zero-order chi connectivity index (χ0) is 23.4. The fourth-order valence-electron chi connectivity index (χ4n) is 4.49. The molecule has 0 spiro atoms. The van der Waals surface area contributed by atoms with Crippen molar-refractivity contribution in [1.82, 2.24) is 16.2 Å². The molecule has 1 amide bonds. The lowest BCUT2D eigenvalue weighted by atomic mass is 9.71. The van der Waals surface area contributed by atoms with Gasteiger partial charge in [0.05, 0.1) is 15.7 Å². The fraction of sp³-hybridized carbons (Fsp3) is 0.350. The van der Waals surface area contributed by atoms with Crippen LogP contribution in [-0.2, 0) is 9.59 Å². The number of hydrazone groups is 1. The maximum Gasteiger partial charge on any atom is 0.356 e. The number of aliphatic hydroxyl groups excluding tert-OH is 2. The van der Waals surface area contributed by atoms with Crippen molar-refractivity contribution in [2.75, 3.05) is 5.01 Å². The molecule has 4 atom stereocenters. The normalized spacial score (nSPS) is 28.7. The molecule has 4 unspecified atom stereocenters. The van der Waals surface area contributed by atoms with E-state index < -0.39 is 30.5 Å². The molecule has 6 rings (SSSR count). The van der Waals surface area contributed by atoms with Crippen LogP contribution in [0, 0.1) is 5.92 Å². The van der Waals surface area contributed by atoms with Crippen LogP contribution in [0.5, 0.6) is 5.75 Å². The van der Waals surface area contributed by atoms with E-state index in [1.54, 1.807) is 0 Å². The molecule has 11 nitrogen and oxygen atoms in total. The van der Waals surface area contributed by atoms with E-state index >= 15 is 0 Å². The van der Waals surface area contributed by atoms with Gasteiger partial charge in [0.2, 0.25) is 6.35 Å². The number of ether oxygens (including phenoxy) is 1. The topological polar surface area (TPSA) is 156 Å². The minimum absolute atomic E-state index is 0.0682. The fourth-order valence-corrected chi connectivity index (χ4v) is 5.06. The Morgan fingerprint density at radius 2 is 1.94 bits per heavy atom. The standard InChI is InChI=1S/C20H19Cl2N5O6/c21-10-5-9(27-20(32)23-17(29)14(26-27)19(30)31)6-11(22)15(10)33-18-13-8-3-1-7(2-4-8)12(13)16(28)24-25-18/h3,5-7,17-18,20,23,25,29,32H,1-2,4H2,(H,24,28)(H,30,31). The molecule has 1 aromatic carbocycles. The molecule has 2 bridgehead atoms. The molecular formula is C20H19Cl2N5O6. The Morgan fingerprint density at radius 1 is 1.21 bits per heavy atom. The molecule has 2 aliphatic heterocycles. The van der Waals surface area contributed by atoms with Crippen LogP contribution in [0.15, 0.2) is 40.0 Å². The third-order valence-electron chi connectivity index (χ3n) is 5.99. The second-order valence-corrected chi connectivity index (χ2v) is 8.76. The molecule has 3 aliphatic carbocycles. The number of halogens is 2. The van der Waals surface area contributed by atoms with Crippen LogP contribution in [-0.4, -0.2) is 51.7 Å². The number of nitrogens with one attached hydrogen (secondary N) is 3. The van der Waals surface area contributed by atoms with Crippen molar-refractivity contribution in [3.05, 3.63) is 45.0 Å². The summed E-state index contributed by atoms with van der Waals surface area (Å²) in [4.78, 5) is 23.7. The van der Waals surface area contributed by atoms with Gasteiger partial charge in [0, 0.05) is 11.1 Å². The van der Waals surface area contributed by atoms with Crippen molar-refractivity contribution in [3.63, 3.8) is 0 Å². The first kappa shape index (κ1) is 22.1. The van der Waals surface area contributed by atoms with Crippen LogP contribution in [0.2, 0.25) is 10.0 Å². The highest BCUT2D eigenvalue weighted by Gasteiger charge is 2.41. The third kappa shape index (κ3) is 3.76. The first-order valence-electron chi connectivity index (χ1n) is 10.1.